The first-order chi connectivity index (χ1) is 4.26. The quantitative estimate of drug-likeness (QED) is 0.453. The fourth-order valence-corrected chi connectivity index (χ4v) is 2.23. The van der Waals surface area contributed by atoms with E-state index in [-0.39, 0.29) is 12.2 Å². The van der Waals surface area contributed by atoms with Crippen LogP contribution in [0.5, 0.6) is 0 Å². The molecule has 0 bridgehead atoms. The Labute approximate surface area is 49.5 Å². The molecular formula is C7H8O. The highest BCUT2D eigenvalue weighted by molar-refractivity contribution is 5.90. The van der Waals surface area contributed by atoms with Crippen molar-refractivity contribution in [2.75, 3.05) is 0 Å². The lowest BCUT2D eigenvalue weighted by atomic mass is 10.2. The van der Waals surface area contributed by atoms with E-state index >= 15 is 0 Å². The number of hydrogen-bond donors (Lipinski definition) is 0. The zero-order valence-corrected chi connectivity index (χ0v) is 4.55. The minimum absolute atomic E-state index is 0.242. The van der Waals surface area contributed by atoms with Crippen LogP contribution < -0.4 is 0 Å². The van der Waals surface area contributed by atoms with E-state index in [9.17, 15) is 4.79 Å². The maximum atomic E-state index is 11.0. The Morgan fingerprint density at radius 2 is 2.62 bits per heavy atom. The summed E-state index contributed by atoms with van der Waals surface area (Å²) in [5.74, 6) is 1.09. The molecule has 1 nitrogen and oxygen atoms in total. The molecule has 3 rings (SSSR count). The Bertz CT molecular complexity index is 209. The van der Waals surface area contributed by atoms with E-state index in [1.165, 1.54) is 6.42 Å². The van der Waals surface area contributed by atoms with Crippen LogP contribution in [0.2, 0.25) is 0 Å². The molecule has 0 radical (unpaired) electrons. The van der Waals surface area contributed by atoms with Crippen molar-refractivity contribution in [1.82, 2.24) is 0 Å². The first-order valence-electron chi connectivity index (χ1n) is 3.79. The normalized spacial score (nSPS) is 75.8. The van der Waals surface area contributed by atoms with Crippen molar-refractivity contribution in [3.8, 4) is 0 Å². The second-order valence-electron chi connectivity index (χ2n) is 3.37. The summed E-state index contributed by atoms with van der Waals surface area (Å²) in [5, 5.41) is 0. The molecule has 0 aromatic heterocycles. The largest absolute Gasteiger partial charge is 0.299 e. The number of ketones is 1. The molecule has 0 aromatic rings. The first-order valence-corrected chi connectivity index (χ1v) is 3.22. The van der Waals surface area contributed by atoms with Crippen molar-refractivity contribution >= 4 is 5.78 Å². The second kappa shape index (κ2) is 0.687. The van der Waals surface area contributed by atoms with Gasteiger partial charge in [0.2, 0.25) is 0 Å². The topological polar surface area (TPSA) is 17.1 Å². The maximum absolute atomic E-state index is 11.0. The Morgan fingerprint density at radius 3 is 3.00 bits per heavy atom. The summed E-state index contributed by atoms with van der Waals surface area (Å²) in [6.45, 7) is 0. The average Bonchev–Trinajstić information content (AvgIpc) is 2.66. The zero-order valence-electron chi connectivity index (χ0n) is 5.55. The number of carbonyl (C=O) groups is 1. The molecule has 1 heteroatoms. The van der Waals surface area contributed by atoms with Gasteiger partial charge < -0.3 is 0 Å². The molecule has 4 atom stereocenters. The molecule has 0 amide bonds. The van der Waals surface area contributed by atoms with E-state index in [1.54, 1.807) is 0 Å². The highest BCUT2D eigenvalue weighted by atomic mass is 16.1. The molecule has 0 N–H and O–H groups in total. The van der Waals surface area contributed by atoms with Crippen molar-refractivity contribution < 1.29 is 6.17 Å². The van der Waals surface area contributed by atoms with Gasteiger partial charge >= 0.3 is 0 Å². The number of carbonyl (C=O) groups excluding carboxylic acids is 1. The fourth-order valence-electron chi connectivity index (χ4n) is 2.23. The summed E-state index contributed by atoms with van der Waals surface area (Å²) < 4.78 is 7.39. The van der Waals surface area contributed by atoms with Crippen LogP contribution >= 0.6 is 0 Å². The standard InChI is InChI=1S/C7H8O/c8-6-1-4-2-7(4)3-5(6)7/h4-5H,1-3H2/t4-,5+,7?/m0/s1/i1D/t1-,4+,5-,7?/m1. The van der Waals surface area contributed by atoms with Crippen LogP contribution in [0, 0.1) is 17.3 Å². The van der Waals surface area contributed by atoms with Gasteiger partial charge in [0.1, 0.15) is 5.78 Å². The van der Waals surface area contributed by atoms with Crippen molar-refractivity contribution in [2.45, 2.75) is 19.2 Å². The molecule has 42 valence electrons. The maximum Gasteiger partial charge on any atom is 0.136 e. The summed E-state index contributed by atoms with van der Waals surface area (Å²) in [7, 11) is 0. The smallest absolute Gasteiger partial charge is 0.136 e. The van der Waals surface area contributed by atoms with E-state index < -0.39 is 0 Å². The highest BCUT2D eigenvalue weighted by Gasteiger charge is 2.77. The van der Waals surface area contributed by atoms with Crippen molar-refractivity contribution in [3.63, 3.8) is 0 Å². The van der Waals surface area contributed by atoms with Crippen LogP contribution in [0.4, 0.5) is 0 Å². The van der Waals surface area contributed by atoms with Gasteiger partial charge in [-0.1, -0.05) is 0 Å². The Balaban J connectivity index is 2.08. The molecule has 0 aromatic carbocycles. The minimum atomic E-state index is -0.316. The van der Waals surface area contributed by atoms with Crippen molar-refractivity contribution in [1.29, 1.82) is 0 Å². The van der Waals surface area contributed by atoms with Gasteiger partial charge in [0.25, 0.3) is 0 Å². The summed E-state index contributed by atoms with van der Waals surface area (Å²) in [6, 6.07) is 0. The molecule has 0 aliphatic heterocycles. The third kappa shape index (κ3) is 0.188. The lowest BCUT2D eigenvalue weighted by Crippen LogP contribution is -1.95. The number of Topliss-reactive ketones (excluding diaryl/α,β-unsaturated/α-hetero) is 1. The second-order valence-corrected chi connectivity index (χ2v) is 3.37. The highest BCUT2D eigenvalue weighted by Crippen LogP contribution is 2.80. The molecule has 0 saturated heterocycles. The molecule has 0 heterocycles. The molecule has 1 spiro atoms. The number of rotatable bonds is 0. The molecule has 3 aliphatic carbocycles. The van der Waals surface area contributed by atoms with Gasteiger partial charge in [0.15, 0.2) is 0 Å². The van der Waals surface area contributed by atoms with E-state index in [4.69, 9.17) is 1.37 Å². The SMILES string of the molecule is [2H][C@H]1C(=O)[C@H]2CC23C[C@H]13. The molecule has 8 heavy (non-hydrogen) atoms. The lowest BCUT2D eigenvalue weighted by molar-refractivity contribution is -0.119. The van der Waals surface area contributed by atoms with E-state index in [0.717, 1.165) is 6.42 Å². The van der Waals surface area contributed by atoms with Crippen LogP contribution in [-0.4, -0.2) is 5.78 Å². The Hall–Kier alpha value is -0.330. The Kier molecular flexibility index (Phi) is 0.257. The monoisotopic (exact) mass is 109 g/mol. The fraction of sp³-hybridized carbons (Fsp3) is 0.857. The van der Waals surface area contributed by atoms with Gasteiger partial charge in [0.05, 0.1) is 0 Å². The minimum Gasteiger partial charge on any atom is -0.299 e. The third-order valence-electron chi connectivity index (χ3n) is 3.01. The van der Waals surface area contributed by atoms with Crippen LogP contribution in [0.1, 0.15) is 20.6 Å². The molecular weight excluding hydrogens is 100 g/mol. The predicted molar refractivity (Wildman–Crippen MR) is 28.3 cm³/mol. The van der Waals surface area contributed by atoms with Gasteiger partial charge in [-0.3, -0.25) is 4.79 Å². The van der Waals surface area contributed by atoms with Crippen molar-refractivity contribution in [3.05, 3.63) is 0 Å². The van der Waals surface area contributed by atoms with Crippen LogP contribution in [0.25, 0.3) is 0 Å². The van der Waals surface area contributed by atoms with Gasteiger partial charge in [-0.15, -0.1) is 0 Å². The molecule has 1 unspecified atom stereocenters. The summed E-state index contributed by atoms with van der Waals surface area (Å²) in [6.07, 6.45) is 2.01. The summed E-state index contributed by atoms with van der Waals surface area (Å²) in [4.78, 5) is 11.0. The van der Waals surface area contributed by atoms with Crippen LogP contribution in [0.3, 0.4) is 0 Å². The van der Waals surface area contributed by atoms with Crippen molar-refractivity contribution in [2.24, 2.45) is 17.3 Å². The zero-order chi connectivity index (χ0) is 6.22. The molecule has 3 fully saturated rings. The average molecular weight is 109 g/mol. The van der Waals surface area contributed by atoms with Crippen LogP contribution in [0.15, 0.2) is 0 Å². The summed E-state index contributed by atoms with van der Waals surface area (Å²) in [5.41, 5.74) is 0.434. The first kappa shape index (κ1) is 3.00. The van der Waals surface area contributed by atoms with Gasteiger partial charge in [-0.2, -0.15) is 0 Å². The van der Waals surface area contributed by atoms with Gasteiger partial charge in [-0.05, 0) is 24.2 Å². The summed E-state index contributed by atoms with van der Waals surface area (Å²) >= 11 is 0. The van der Waals surface area contributed by atoms with Crippen LogP contribution in [-0.2, 0) is 4.79 Å². The van der Waals surface area contributed by atoms with E-state index in [2.05, 4.69) is 0 Å². The number of hydrogen-bond acceptors (Lipinski definition) is 1. The third-order valence-corrected chi connectivity index (χ3v) is 3.01. The van der Waals surface area contributed by atoms with Gasteiger partial charge in [-0.25, -0.2) is 0 Å². The molecule has 3 aliphatic rings. The van der Waals surface area contributed by atoms with Gasteiger partial charge in [0, 0.05) is 13.7 Å². The van der Waals surface area contributed by atoms with E-state index in [0.29, 0.717) is 17.3 Å². The lowest BCUT2D eigenvalue weighted by Gasteiger charge is -1.86. The molecule has 3 saturated carbocycles. The predicted octanol–water partition coefficient (Wildman–Crippen LogP) is 0.985. The van der Waals surface area contributed by atoms with E-state index in [1.807, 2.05) is 0 Å². The Morgan fingerprint density at radius 1 is 1.75 bits per heavy atom.